The number of nitrogens with zero attached hydrogens (tertiary/aromatic N) is 1. The number of hydrogen-bond acceptors (Lipinski definition) is 4. The molecule has 1 N–H and O–H groups in total. The van der Waals surface area contributed by atoms with Gasteiger partial charge < -0.3 is 9.73 Å². The van der Waals surface area contributed by atoms with Crippen LogP contribution in [0, 0.1) is 0 Å². The van der Waals surface area contributed by atoms with Gasteiger partial charge in [0.2, 0.25) is 5.91 Å². The fourth-order valence-corrected chi connectivity index (χ4v) is 3.87. The van der Waals surface area contributed by atoms with E-state index in [1.807, 2.05) is 78.9 Å². The van der Waals surface area contributed by atoms with Crippen molar-refractivity contribution in [2.75, 3.05) is 16.0 Å². The Hall–Kier alpha value is -3.77. The molecule has 0 fully saturated rings. The molecule has 3 aromatic carbocycles. The lowest BCUT2D eigenvalue weighted by Crippen LogP contribution is -2.27. The van der Waals surface area contributed by atoms with Gasteiger partial charge in [0, 0.05) is 22.0 Å². The smallest absolute Gasteiger partial charge is 0.291 e. The van der Waals surface area contributed by atoms with E-state index in [-0.39, 0.29) is 23.3 Å². The number of benzene rings is 3. The first-order chi connectivity index (χ1) is 15.2. The summed E-state index contributed by atoms with van der Waals surface area (Å²) in [7, 11) is 0. The van der Waals surface area contributed by atoms with Crippen molar-refractivity contribution in [3.63, 3.8) is 0 Å². The molecule has 2 amide bonds. The second-order valence-electron chi connectivity index (χ2n) is 6.65. The van der Waals surface area contributed by atoms with E-state index in [0.717, 1.165) is 16.3 Å². The number of furan rings is 1. The maximum absolute atomic E-state index is 13.2. The Bertz CT molecular complexity index is 1110. The lowest BCUT2D eigenvalue weighted by Gasteiger charge is -2.23. The molecular weight excluding hydrogens is 408 g/mol. The van der Waals surface area contributed by atoms with Crippen LogP contribution in [0.3, 0.4) is 0 Å². The first kappa shape index (κ1) is 20.5. The Labute approximate surface area is 184 Å². The normalized spacial score (nSPS) is 10.5. The van der Waals surface area contributed by atoms with Crippen LogP contribution in [0.5, 0.6) is 0 Å². The minimum Gasteiger partial charge on any atom is -0.459 e. The van der Waals surface area contributed by atoms with Crippen molar-refractivity contribution in [3.8, 4) is 0 Å². The Kier molecular flexibility index (Phi) is 6.50. The summed E-state index contributed by atoms with van der Waals surface area (Å²) < 4.78 is 5.12. The van der Waals surface area contributed by atoms with Crippen molar-refractivity contribution in [3.05, 3.63) is 109 Å². The third-order valence-corrected chi connectivity index (χ3v) is 5.46. The first-order valence-corrected chi connectivity index (χ1v) is 10.7. The summed E-state index contributed by atoms with van der Waals surface area (Å²) in [5.41, 5.74) is 2.28. The first-order valence-electron chi connectivity index (χ1n) is 9.71. The number of carbonyl (C=O) groups excluding carboxylic acids is 2. The second-order valence-corrected chi connectivity index (χ2v) is 7.70. The number of carbonyl (C=O) groups is 2. The largest absolute Gasteiger partial charge is 0.459 e. The van der Waals surface area contributed by atoms with Gasteiger partial charge in [-0.25, -0.2) is 0 Å². The molecule has 0 aliphatic carbocycles. The summed E-state index contributed by atoms with van der Waals surface area (Å²) in [5, 5.41) is 2.81. The lowest BCUT2D eigenvalue weighted by molar-refractivity contribution is -0.115. The minimum atomic E-state index is -0.317. The molecule has 0 atom stereocenters. The molecule has 4 rings (SSSR count). The molecule has 0 spiro atoms. The molecule has 0 aliphatic heterocycles. The van der Waals surface area contributed by atoms with Gasteiger partial charge in [-0.15, -0.1) is 11.8 Å². The Morgan fingerprint density at radius 2 is 1.48 bits per heavy atom. The molecule has 0 radical (unpaired) electrons. The Balaban J connectivity index is 1.46. The molecule has 31 heavy (non-hydrogen) atoms. The summed E-state index contributed by atoms with van der Waals surface area (Å²) >= 11 is 1.42. The van der Waals surface area contributed by atoms with Crippen molar-refractivity contribution in [1.29, 1.82) is 0 Å². The molecule has 0 saturated heterocycles. The number of nitrogens with one attached hydrogen (secondary N) is 1. The van der Waals surface area contributed by atoms with Crippen molar-refractivity contribution >= 4 is 40.6 Å². The van der Waals surface area contributed by atoms with Crippen molar-refractivity contribution in [1.82, 2.24) is 0 Å². The van der Waals surface area contributed by atoms with Crippen LogP contribution in [0.2, 0.25) is 0 Å². The quantitative estimate of drug-likeness (QED) is 0.367. The number of hydrogen-bond donors (Lipinski definition) is 1. The van der Waals surface area contributed by atoms with Crippen LogP contribution >= 0.6 is 11.8 Å². The summed E-state index contributed by atoms with van der Waals surface area (Å²) in [4.78, 5) is 27.9. The molecule has 0 aliphatic rings. The van der Waals surface area contributed by atoms with Gasteiger partial charge in [-0.05, 0) is 54.6 Å². The van der Waals surface area contributed by atoms with E-state index in [4.69, 9.17) is 4.42 Å². The van der Waals surface area contributed by atoms with Crippen LogP contribution in [0.25, 0.3) is 0 Å². The van der Waals surface area contributed by atoms with Gasteiger partial charge in [0.25, 0.3) is 5.91 Å². The molecular formula is C25H20N2O3S. The lowest BCUT2D eigenvalue weighted by atomic mass is 10.2. The molecule has 0 unspecified atom stereocenters. The Morgan fingerprint density at radius 3 is 2.10 bits per heavy atom. The molecule has 154 valence electrons. The van der Waals surface area contributed by atoms with E-state index in [1.165, 1.54) is 18.0 Å². The average Bonchev–Trinajstić information content (AvgIpc) is 3.35. The van der Waals surface area contributed by atoms with Crippen LogP contribution in [-0.2, 0) is 4.79 Å². The van der Waals surface area contributed by atoms with E-state index in [9.17, 15) is 9.59 Å². The van der Waals surface area contributed by atoms with Crippen LogP contribution in [0.4, 0.5) is 17.1 Å². The third-order valence-electron chi connectivity index (χ3n) is 4.48. The highest BCUT2D eigenvalue weighted by Gasteiger charge is 2.18. The summed E-state index contributed by atoms with van der Waals surface area (Å²) in [6.07, 6.45) is 1.46. The van der Waals surface area contributed by atoms with Crippen LogP contribution in [0.15, 0.2) is 113 Å². The monoisotopic (exact) mass is 428 g/mol. The number of para-hydroxylation sites is 2. The minimum absolute atomic E-state index is 0.0348. The van der Waals surface area contributed by atoms with Gasteiger partial charge >= 0.3 is 0 Å². The Morgan fingerprint density at radius 1 is 0.806 bits per heavy atom. The third kappa shape index (κ3) is 5.24. The topological polar surface area (TPSA) is 62.6 Å². The summed E-state index contributed by atoms with van der Waals surface area (Å²) in [5.74, 6) is 0.143. The molecule has 4 aromatic rings. The zero-order chi connectivity index (χ0) is 21.5. The molecule has 0 bridgehead atoms. The SMILES string of the molecule is O=C(Nc1cccc(SCC(=O)N(c2ccccc2)c2ccccc2)c1)c1ccco1. The predicted molar refractivity (Wildman–Crippen MR) is 124 cm³/mol. The maximum Gasteiger partial charge on any atom is 0.291 e. The van der Waals surface area contributed by atoms with E-state index < -0.39 is 0 Å². The molecule has 0 saturated carbocycles. The highest BCUT2D eigenvalue weighted by molar-refractivity contribution is 8.00. The van der Waals surface area contributed by atoms with Gasteiger partial charge in [0.05, 0.1) is 12.0 Å². The van der Waals surface area contributed by atoms with Crippen LogP contribution < -0.4 is 10.2 Å². The van der Waals surface area contributed by atoms with Crippen molar-refractivity contribution in [2.45, 2.75) is 4.90 Å². The molecule has 5 nitrogen and oxygen atoms in total. The second kappa shape index (κ2) is 9.82. The zero-order valence-corrected chi connectivity index (χ0v) is 17.4. The summed E-state index contributed by atoms with van der Waals surface area (Å²) in [6, 6.07) is 29.8. The van der Waals surface area contributed by atoms with Crippen LogP contribution in [0.1, 0.15) is 10.6 Å². The predicted octanol–water partition coefficient (Wildman–Crippen LogP) is 5.99. The number of anilines is 3. The number of rotatable bonds is 7. The van der Waals surface area contributed by atoms with Gasteiger partial charge in [-0.3, -0.25) is 14.5 Å². The fraction of sp³-hybridized carbons (Fsp3) is 0.0400. The van der Waals surface area contributed by atoms with Crippen LogP contribution in [-0.4, -0.2) is 17.6 Å². The van der Waals surface area contributed by atoms with E-state index in [1.54, 1.807) is 23.1 Å². The summed E-state index contributed by atoms with van der Waals surface area (Å²) in [6.45, 7) is 0. The standard InChI is InChI=1S/C25H20N2O3S/c28-24(27(20-10-3-1-4-11-20)21-12-5-2-6-13-21)18-31-22-14-7-9-19(17-22)26-25(29)23-15-8-16-30-23/h1-17H,18H2,(H,26,29). The number of amides is 2. The molecule has 1 heterocycles. The van der Waals surface area contributed by atoms with Crippen molar-refractivity contribution in [2.24, 2.45) is 0 Å². The van der Waals surface area contributed by atoms with Crippen molar-refractivity contribution < 1.29 is 14.0 Å². The highest BCUT2D eigenvalue weighted by Crippen LogP contribution is 2.28. The molecule has 1 aromatic heterocycles. The number of thioether (sulfide) groups is 1. The highest BCUT2D eigenvalue weighted by atomic mass is 32.2. The van der Waals surface area contributed by atoms with Gasteiger partial charge in [0.15, 0.2) is 5.76 Å². The van der Waals surface area contributed by atoms with E-state index in [2.05, 4.69) is 5.32 Å². The molecule has 6 heteroatoms. The van der Waals surface area contributed by atoms with Gasteiger partial charge in [-0.2, -0.15) is 0 Å². The maximum atomic E-state index is 13.2. The van der Waals surface area contributed by atoms with Gasteiger partial charge in [0.1, 0.15) is 0 Å². The van der Waals surface area contributed by atoms with E-state index in [0.29, 0.717) is 5.69 Å². The average molecular weight is 429 g/mol. The van der Waals surface area contributed by atoms with Gasteiger partial charge in [-0.1, -0.05) is 42.5 Å². The fourth-order valence-electron chi connectivity index (χ4n) is 3.06. The zero-order valence-electron chi connectivity index (χ0n) is 16.6. The van der Waals surface area contributed by atoms with E-state index >= 15 is 0 Å².